The molecule has 0 aliphatic heterocycles. The summed E-state index contributed by atoms with van der Waals surface area (Å²) in [6.45, 7) is 4.78. The summed E-state index contributed by atoms with van der Waals surface area (Å²) in [6.07, 6.45) is -0.162. The summed E-state index contributed by atoms with van der Waals surface area (Å²) < 4.78 is 58.1. The quantitative estimate of drug-likeness (QED) is 0.434. The molecule has 6 nitrogen and oxygen atoms in total. The molecule has 206 valence electrons. The van der Waals surface area contributed by atoms with Crippen LogP contribution in [0.3, 0.4) is 0 Å². The smallest absolute Gasteiger partial charge is 0.375 e. The van der Waals surface area contributed by atoms with Crippen molar-refractivity contribution in [2.75, 3.05) is 6.01 Å². The summed E-state index contributed by atoms with van der Waals surface area (Å²) in [7, 11) is 0. The lowest BCUT2D eigenvalue weighted by atomic mass is 9.44. The molecule has 0 radical (unpaired) electrons. The number of rotatable bonds is 4. The Bertz CT molecular complexity index is 1270. The van der Waals surface area contributed by atoms with Crippen LogP contribution in [0.1, 0.15) is 50.6 Å². The van der Waals surface area contributed by atoms with E-state index in [0.29, 0.717) is 11.8 Å². The average Bonchev–Trinajstić information content (AvgIpc) is 3.38. The summed E-state index contributed by atoms with van der Waals surface area (Å²) in [6, 6.07) is 1.76. The molecule has 4 aliphatic rings. The Morgan fingerprint density at radius 1 is 1.26 bits per heavy atom. The van der Waals surface area contributed by atoms with E-state index in [1.165, 1.54) is 31.2 Å². The van der Waals surface area contributed by atoms with Gasteiger partial charge in [-0.3, -0.25) is 9.59 Å². The van der Waals surface area contributed by atoms with Crippen LogP contribution in [0.2, 0.25) is 0 Å². The second-order valence-electron chi connectivity index (χ2n) is 11.3. The van der Waals surface area contributed by atoms with Crippen LogP contribution in [0.25, 0.3) is 0 Å². The molecular formula is C27H28BrF3O6S. The average molecular weight is 617 g/mol. The second-order valence-corrected chi connectivity index (χ2v) is 12.9. The Hall–Kier alpha value is -1.85. The fourth-order valence-corrected chi connectivity index (χ4v) is 9.09. The lowest BCUT2D eigenvalue weighted by molar-refractivity contribution is -0.221. The topological polar surface area (TPSA) is 93.8 Å². The number of aliphatic hydroxyl groups excluding tert-OH is 1. The first-order valence-corrected chi connectivity index (χ1v) is 14.2. The monoisotopic (exact) mass is 616 g/mol. The lowest BCUT2D eigenvalue weighted by Gasteiger charge is -2.63. The number of carbonyl (C=O) groups is 3. The van der Waals surface area contributed by atoms with Crippen molar-refractivity contribution in [3.63, 3.8) is 0 Å². The second kappa shape index (κ2) is 9.09. The van der Waals surface area contributed by atoms with Gasteiger partial charge in [0.15, 0.2) is 21.7 Å². The molecule has 4 aliphatic carbocycles. The van der Waals surface area contributed by atoms with Crippen LogP contribution < -0.4 is 0 Å². The van der Waals surface area contributed by atoms with E-state index in [1.807, 2.05) is 0 Å². The van der Waals surface area contributed by atoms with Crippen LogP contribution in [0.4, 0.5) is 13.2 Å². The number of aliphatic hydroxyl groups is 1. The molecule has 3 saturated carbocycles. The molecule has 0 spiro atoms. The fraction of sp³-hybridized carbons (Fsp3) is 0.593. The minimum Gasteiger partial charge on any atom is -0.443 e. The minimum atomic E-state index is -2.36. The molecule has 1 aromatic rings. The zero-order valence-electron chi connectivity index (χ0n) is 21.0. The summed E-state index contributed by atoms with van der Waals surface area (Å²) in [5, 5.41) is 10.8. The van der Waals surface area contributed by atoms with E-state index < -0.39 is 75.0 Å². The normalized spacial score (nSPS) is 43.6. The van der Waals surface area contributed by atoms with E-state index in [2.05, 4.69) is 15.9 Å². The fourth-order valence-electron chi connectivity index (χ4n) is 8.00. The highest BCUT2D eigenvalue weighted by Gasteiger charge is 2.78. The number of hydrogen-bond acceptors (Lipinski definition) is 7. The van der Waals surface area contributed by atoms with Gasteiger partial charge in [0.25, 0.3) is 0 Å². The lowest BCUT2D eigenvalue weighted by Crippen LogP contribution is -2.70. The van der Waals surface area contributed by atoms with Crippen molar-refractivity contribution < 1.29 is 41.8 Å². The van der Waals surface area contributed by atoms with Crippen LogP contribution in [0.15, 0.2) is 45.0 Å². The molecule has 5 rings (SSSR count). The largest absolute Gasteiger partial charge is 0.443 e. The van der Waals surface area contributed by atoms with Gasteiger partial charge in [-0.1, -0.05) is 19.9 Å². The van der Waals surface area contributed by atoms with Gasteiger partial charge in [-0.25, -0.2) is 18.0 Å². The summed E-state index contributed by atoms with van der Waals surface area (Å²) in [5.74, 6) is -4.07. The number of allylic oxidation sites excluding steroid dienone is 4. The zero-order chi connectivity index (χ0) is 27.8. The minimum absolute atomic E-state index is 0.0115. The molecule has 1 N–H and O–H groups in total. The van der Waals surface area contributed by atoms with Crippen molar-refractivity contribution in [1.82, 2.24) is 0 Å². The Morgan fingerprint density at radius 2 is 1.97 bits per heavy atom. The molecule has 0 saturated heterocycles. The van der Waals surface area contributed by atoms with Gasteiger partial charge in [-0.2, -0.15) is 0 Å². The van der Waals surface area contributed by atoms with Crippen molar-refractivity contribution in [3.05, 3.63) is 46.4 Å². The van der Waals surface area contributed by atoms with Gasteiger partial charge in [-0.15, -0.1) is 0 Å². The van der Waals surface area contributed by atoms with Gasteiger partial charge in [0, 0.05) is 22.7 Å². The number of hydrogen-bond donors (Lipinski definition) is 1. The van der Waals surface area contributed by atoms with Crippen molar-refractivity contribution >= 4 is 44.6 Å². The van der Waals surface area contributed by atoms with Gasteiger partial charge in [0.05, 0.1) is 6.10 Å². The van der Waals surface area contributed by atoms with Gasteiger partial charge in [0.1, 0.15) is 12.2 Å². The Morgan fingerprint density at radius 3 is 2.61 bits per heavy atom. The van der Waals surface area contributed by atoms with Crippen LogP contribution in [0.5, 0.6) is 0 Å². The molecule has 3 fully saturated rings. The van der Waals surface area contributed by atoms with Gasteiger partial charge < -0.3 is 14.3 Å². The van der Waals surface area contributed by atoms with Crippen molar-refractivity contribution in [3.8, 4) is 0 Å². The van der Waals surface area contributed by atoms with Gasteiger partial charge in [-0.05, 0) is 89.7 Å². The summed E-state index contributed by atoms with van der Waals surface area (Å²) in [5.41, 5.74) is -7.24. The third-order valence-corrected chi connectivity index (χ3v) is 10.8. The number of ketones is 1. The summed E-state index contributed by atoms with van der Waals surface area (Å²) in [4.78, 5) is 38.9. The predicted molar refractivity (Wildman–Crippen MR) is 136 cm³/mol. The number of fused-ring (bicyclic) bond motifs is 5. The molecule has 1 heterocycles. The van der Waals surface area contributed by atoms with E-state index in [4.69, 9.17) is 9.15 Å². The van der Waals surface area contributed by atoms with E-state index in [1.54, 1.807) is 13.8 Å². The number of thioether (sulfide) groups is 1. The Labute approximate surface area is 230 Å². The first kappa shape index (κ1) is 27.7. The van der Waals surface area contributed by atoms with E-state index in [-0.39, 0.29) is 35.3 Å². The number of alkyl halides is 3. The number of ether oxygens (including phenoxy) is 1. The molecule has 1 aromatic heterocycles. The Balaban J connectivity index is 1.63. The maximum absolute atomic E-state index is 17.4. The van der Waals surface area contributed by atoms with Crippen molar-refractivity contribution in [1.29, 1.82) is 0 Å². The van der Waals surface area contributed by atoms with Crippen LogP contribution in [0, 0.1) is 28.6 Å². The van der Waals surface area contributed by atoms with Crippen molar-refractivity contribution in [2.45, 2.75) is 63.6 Å². The Kier molecular flexibility index (Phi) is 6.63. The standard InChI is InChI=1S/C27H28BrF3O6S/c1-13-8-15-16-10-18(30)17-9-14(32)6-7-24(17,2)26(16,31)20(33)11-25(15,3)27(13,23(35)38-12-29)37-22(34)19-4-5-21(28)36-19/h4-7,9,13,15-16,18,20,33H,8,10-12H2,1-3H3/t13-,15+,16+,18+,20+,24+,25+,26+,27+/m1/s1. The highest BCUT2D eigenvalue weighted by molar-refractivity contribution is 9.10. The number of furan rings is 1. The van der Waals surface area contributed by atoms with Crippen LogP contribution in [-0.2, 0) is 14.3 Å². The molecule has 38 heavy (non-hydrogen) atoms. The van der Waals surface area contributed by atoms with Gasteiger partial charge >= 0.3 is 5.97 Å². The number of carbonyl (C=O) groups excluding carboxylic acids is 3. The first-order valence-electron chi connectivity index (χ1n) is 12.4. The van der Waals surface area contributed by atoms with E-state index in [0.717, 1.165) is 6.08 Å². The summed E-state index contributed by atoms with van der Waals surface area (Å²) >= 11 is 3.46. The third-order valence-electron chi connectivity index (χ3n) is 9.69. The zero-order valence-corrected chi connectivity index (χ0v) is 23.4. The first-order chi connectivity index (χ1) is 17.8. The maximum atomic E-state index is 17.4. The molecule has 9 atom stereocenters. The van der Waals surface area contributed by atoms with E-state index in [9.17, 15) is 23.9 Å². The molecule has 0 aromatic carbocycles. The number of esters is 1. The molecular weight excluding hydrogens is 589 g/mol. The third kappa shape index (κ3) is 3.46. The van der Waals surface area contributed by atoms with Crippen LogP contribution in [-0.4, -0.2) is 51.5 Å². The maximum Gasteiger partial charge on any atom is 0.375 e. The molecule has 0 unspecified atom stereocenters. The number of halogens is 4. The highest BCUT2D eigenvalue weighted by Crippen LogP contribution is 2.72. The van der Waals surface area contributed by atoms with Crippen molar-refractivity contribution in [2.24, 2.45) is 28.6 Å². The molecule has 0 bridgehead atoms. The van der Waals surface area contributed by atoms with Gasteiger partial charge in [0.2, 0.25) is 10.9 Å². The molecule has 11 heteroatoms. The molecule has 0 amide bonds. The predicted octanol–water partition coefficient (Wildman–Crippen LogP) is 5.69. The van der Waals surface area contributed by atoms with E-state index >= 15 is 8.78 Å². The van der Waals surface area contributed by atoms with Crippen LogP contribution >= 0.6 is 27.7 Å². The SMILES string of the molecule is C[C@@H]1C[C@H]2[C@@H]3C[C@H](F)C4=CC(=O)C=C[C@]4(C)[C@@]3(F)[C@@H](O)C[C@]2(C)[C@@]1(OC(=O)c1ccc(Br)o1)C(=O)SCF. The highest BCUT2D eigenvalue weighted by atomic mass is 79.9.